The lowest BCUT2D eigenvalue weighted by molar-refractivity contribution is 0.722. The number of benzene rings is 7. The summed E-state index contributed by atoms with van der Waals surface area (Å²) in [7, 11) is 0. The number of fused-ring (bicyclic) bond motifs is 9. The highest BCUT2D eigenvalue weighted by atomic mass is 32.2. The third-order valence-electron chi connectivity index (χ3n) is 11.4. The highest BCUT2D eigenvalue weighted by Crippen LogP contribution is 2.63. The van der Waals surface area contributed by atoms with Gasteiger partial charge in [0.1, 0.15) is 0 Å². The van der Waals surface area contributed by atoms with Crippen LogP contribution in [0, 0.1) is 0 Å². The van der Waals surface area contributed by atoms with Crippen LogP contribution in [0.3, 0.4) is 0 Å². The molecular formula is C55H42N2S. The lowest BCUT2D eigenvalue weighted by Crippen LogP contribution is -2.31. The van der Waals surface area contributed by atoms with Gasteiger partial charge in [0.25, 0.3) is 0 Å². The minimum atomic E-state index is -0.510. The van der Waals surface area contributed by atoms with E-state index in [1.807, 2.05) is 23.9 Å². The van der Waals surface area contributed by atoms with Crippen LogP contribution < -0.4 is 0 Å². The maximum absolute atomic E-state index is 5.57. The van der Waals surface area contributed by atoms with E-state index in [1.54, 1.807) is 6.08 Å². The van der Waals surface area contributed by atoms with E-state index in [9.17, 15) is 0 Å². The molecule has 7 aromatic rings. The summed E-state index contributed by atoms with van der Waals surface area (Å²) in [6, 6.07) is 61.1. The second kappa shape index (κ2) is 15.6. The molecule has 0 saturated carbocycles. The smallest absolute Gasteiger partial charge is 0.0974 e. The lowest BCUT2D eigenvalue weighted by atomic mass is 9.67. The molecule has 2 nitrogen and oxygen atoms in total. The Kier molecular flexibility index (Phi) is 9.91. The molecule has 7 aromatic carbocycles. The van der Waals surface area contributed by atoms with Crippen molar-refractivity contribution in [1.82, 2.24) is 0 Å². The number of allylic oxidation sites excluding steroid dienone is 5. The van der Waals surface area contributed by atoms with E-state index in [0.29, 0.717) is 0 Å². The topological polar surface area (TPSA) is 24.7 Å². The molecule has 1 heterocycles. The zero-order valence-corrected chi connectivity index (χ0v) is 33.5. The molecule has 0 amide bonds. The van der Waals surface area contributed by atoms with Crippen molar-refractivity contribution in [2.24, 2.45) is 9.98 Å². The molecule has 3 heteroatoms. The molecule has 2 aliphatic rings. The molecule has 0 bridgehead atoms. The van der Waals surface area contributed by atoms with E-state index in [0.717, 1.165) is 56.0 Å². The molecular weight excluding hydrogens is 721 g/mol. The molecule has 0 fully saturated rings. The Labute approximate surface area is 346 Å². The van der Waals surface area contributed by atoms with Crippen LogP contribution in [0.25, 0.3) is 39.2 Å². The third-order valence-corrected chi connectivity index (χ3v) is 12.6. The average molecular weight is 763 g/mol. The second-order valence-electron chi connectivity index (χ2n) is 14.6. The van der Waals surface area contributed by atoms with Crippen LogP contribution in [0.2, 0.25) is 0 Å². The van der Waals surface area contributed by atoms with E-state index in [2.05, 4.69) is 203 Å². The lowest BCUT2D eigenvalue weighted by Gasteiger charge is -2.39. The van der Waals surface area contributed by atoms with E-state index in [4.69, 9.17) is 9.98 Å². The minimum Gasteiger partial charge on any atom is -0.262 e. The summed E-state index contributed by atoms with van der Waals surface area (Å²) in [5.41, 5.74) is 16.9. The predicted octanol–water partition coefficient (Wildman–Crippen LogP) is 14.4. The van der Waals surface area contributed by atoms with Crippen LogP contribution in [0.15, 0.2) is 221 Å². The Morgan fingerprint density at radius 2 is 1.10 bits per heavy atom. The normalized spacial score (nSPS) is 14.3. The summed E-state index contributed by atoms with van der Waals surface area (Å²) in [5, 5.41) is 0. The molecule has 9 rings (SSSR count). The quantitative estimate of drug-likeness (QED) is 0.0816. The average Bonchev–Trinajstić information content (AvgIpc) is 3.58. The molecule has 0 aromatic heterocycles. The number of hydrogen-bond donors (Lipinski definition) is 0. The van der Waals surface area contributed by atoms with Gasteiger partial charge in [-0.3, -0.25) is 9.98 Å². The van der Waals surface area contributed by atoms with Gasteiger partial charge in [-0.1, -0.05) is 200 Å². The van der Waals surface area contributed by atoms with Gasteiger partial charge in [-0.05, 0) is 93.9 Å². The van der Waals surface area contributed by atoms with Gasteiger partial charge in [0.15, 0.2) is 0 Å². The van der Waals surface area contributed by atoms with Crippen molar-refractivity contribution in [3.8, 4) is 22.3 Å². The highest BCUT2D eigenvalue weighted by Gasteiger charge is 2.50. The van der Waals surface area contributed by atoms with E-state index >= 15 is 0 Å². The Morgan fingerprint density at radius 1 is 0.534 bits per heavy atom. The summed E-state index contributed by atoms with van der Waals surface area (Å²) < 4.78 is 0. The summed E-state index contributed by atoms with van der Waals surface area (Å²) >= 11 is 1.86. The second-order valence-corrected chi connectivity index (χ2v) is 15.7. The largest absolute Gasteiger partial charge is 0.262 e. The van der Waals surface area contributed by atoms with E-state index in [-0.39, 0.29) is 0 Å². The summed E-state index contributed by atoms with van der Waals surface area (Å²) in [5.74, 6) is 0. The monoisotopic (exact) mass is 762 g/mol. The van der Waals surface area contributed by atoms with Crippen molar-refractivity contribution in [3.05, 3.63) is 245 Å². The van der Waals surface area contributed by atoms with Gasteiger partial charge in [0, 0.05) is 26.6 Å². The summed E-state index contributed by atoms with van der Waals surface area (Å²) in [6.07, 6.45) is 7.84. The highest BCUT2D eigenvalue weighted by molar-refractivity contribution is 7.99. The van der Waals surface area contributed by atoms with Gasteiger partial charge in [0.2, 0.25) is 0 Å². The van der Waals surface area contributed by atoms with Crippen molar-refractivity contribution in [3.63, 3.8) is 0 Å². The van der Waals surface area contributed by atoms with Crippen LogP contribution in [0.5, 0.6) is 0 Å². The number of nitrogens with zero attached hydrogens (tertiary/aromatic N) is 2. The molecule has 0 atom stereocenters. The van der Waals surface area contributed by atoms with Gasteiger partial charge in [0.05, 0.1) is 16.8 Å². The van der Waals surface area contributed by atoms with Gasteiger partial charge in [-0.25, -0.2) is 0 Å². The zero-order chi connectivity index (χ0) is 39.6. The molecule has 1 aliphatic heterocycles. The van der Waals surface area contributed by atoms with Crippen LogP contribution in [-0.4, -0.2) is 12.4 Å². The van der Waals surface area contributed by atoms with Crippen molar-refractivity contribution in [2.45, 2.75) is 29.1 Å². The molecule has 1 spiro atoms. The molecule has 0 radical (unpaired) electrons. The van der Waals surface area contributed by atoms with Gasteiger partial charge in [-0.2, -0.15) is 0 Å². The molecule has 58 heavy (non-hydrogen) atoms. The Morgan fingerprint density at radius 3 is 1.79 bits per heavy atom. The Bertz CT molecular complexity index is 2810. The van der Waals surface area contributed by atoms with Crippen molar-refractivity contribution in [1.29, 1.82) is 0 Å². The predicted molar refractivity (Wildman–Crippen MR) is 248 cm³/mol. The fraction of sp³-hybridized carbons (Fsp3) is 0.0545. The number of rotatable bonds is 9. The van der Waals surface area contributed by atoms with Gasteiger partial charge < -0.3 is 0 Å². The van der Waals surface area contributed by atoms with Crippen molar-refractivity contribution in [2.75, 3.05) is 0 Å². The Hall–Kier alpha value is -6.81. The zero-order valence-electron chi connectivity index (χ0n) is 32.7. The molecule has 278 valence electrons. The molecule has 0 unspecified atom stereocenters. The van der Waals surface area contributed by atoms with Crippen LogP contribution in [0.1, 0.15) is 58.4 Å². The Balaban J connectivity index is 1.32. The van der Waals surface area contributed by atoms with Crippen LogP contribution in [-0.2, 0) is 5.41 Å². The fourth-order valence-electron chi connectivity index (χ4n) is 8.77. The first-order valence-corrected chi connectivity index (χ1v) is 20.4. The first-order chi connectivity index (χ1) is 28.5. The maximum atomic E-state index is 5.57. The summed E-state index contributed by atoms with van der Waals surface area (Å²) in [4.78, 5) is 13.1. The standard InChI is InChI=1S/C55H42N2S/c1-5-6-8-20-37(2)39-33-35-40(36-34-39)38(3)57-54(43-24-12-11-23-42(43)41-21-9-7-10-22-41)53(56-4)45-26-19-30-49-52(45)44-25-13-14-27-46(44)55(49)47-28-15-17-31-50(47)58-51-32-18-16-29-48(51)55/h5-36H,1,4H2,2-3H3/b8-6-,37-20+,54-53-,57-38?. The molecule has 0 saturated heterocycles. The SMILES string of the molecule is C=C/C=C\C=C(/C)c1ccc(C(C)=N/C(=C(\N=C)c2cccc3c2-c2ccccc2C32c3ccccc3Sc3ccccc32)c2ccccc2-c2ccccc2)cc1. The first-order valence-electron chi connectivity index (χ1n) is 19.6. The number of hydrogen-bond acceptors (Lipinski definition) is 3. The van der Waals surface area contributed by atoms with E-state index in [1.165, 1.54) is 43.2 Å². The molecule has 1 aliphatic carbocycles. The maximum Gasteiger partial charge on any atom is 0.0974 e. The minimum absolute atomic E-state index is 0.510. The van der Waals surface area contributed by atoms with Gasteiger partial charge in [-0.15, -0.1) is 0 Å². The first kappa shape index (κ1) is 36.8. The van der Waals surface area contributed by atoms with Crippen molar-refractivity contribution >= 4 is 41.2 Å². The summed E-state index contributed by atoms with van der Waals surface area (Å²) in [6.45, 7) is 12.3. The van der Waals surface area contributed by atoms with Crippen LogP contribution in [0.4, 0.5) is 0 Å². The molecule has 0 N–H and O–H groups in total. The van der Waals surface area contributed by atoms with E-state index < -0.39 is 5.41 Å². The third kappa shape index (κ3) is 6.16. The van der Waals surface area contributed by atoms with Crippen LogP contribution >= 0.6 is 11.8 Å². The number of aliphatic imine (C=N–C) groups is 2. The van der Waals surface area contributed by atoms with Gasteiger partial charge >= 0.3 is 0 Å². The van der Waals surface area contributed by atoms with Crippen molar-refractivity contribution < 1.29 is 0 Å². The fourth-order valence-corrected chi connectivity index (χ4v) is 9.96.